The Kier molecular flexibility index (Phi) is 7.12. The standard InChI is InChI=1S/C25H29N3O2S/c1-2-12-30-17-21-14-23-19(15-26-21)8-5-9-24(23)27-25(31)28-16-20-7-4-3-6-18(20)13-22(28)10-11-29/h3-9,14-15,22,29H,2,10-13,16-17H2,1H3,(H,27,31). The molecule has 0 radical (unpaired) electrons. The van der Waals surface area contributed by atoms with Gasteiger partial charge in [-0.05, 0) is 54.7 Å². The van der Waals surface area contributed by atoms with Gasteiger partial charge in [0.15, 0.2) is 5.11 Å². The van der Waals surface area contributed by atoms with Crippen molar-refractivity contribution in [3.05, 3.63) is 71.5 Å². The zero-order chi connectivity index (χ0) is 21.6. The van der Waals surface area contributed by atoms with E-state index in [0.29, 0.717) is 18.1 Å². The number of hydrogen-bond acceptors (Lipinski definition) is 4. The first-order valence-electron chi connectivity index (χ1n) is 10.9. The lowest BCUT2D eigenvalue weighted by Gasteiger charge is -2.38. The van der Waals surface area contributed by atoms with Crippen molar-refractivity contribution >= 4 is 33.8 Å². The molecular weight excluding hydrogens is 406 g/mol. The molecule has 1 aromatic heterocycles. The molecule has 6 heteroatoms. The second-order valence-electron chi connectivity index (χ2n) is 7.95. The van der Waals surface area contributed by atoms with Crippen LogP contribution in [0.15, 0.2) is 54.7 Å². The lowest BCUT2D eigenvalue weighted by atomic mass is 9.93. The van der Waals surface area contributed by atoms with Crippen LogP contribution in [-0.2, 0) is 24.3 Å². The molecule has 1 aliphatic rings. The zero-order valence-corrected chi connectivity index (χ0v) is 18.7. The Bertz CT molecular complexity index is 1060. The van der Waals surface area contributed by atoms with Crippen LogP contribution in [0.4, 0.5) is 5.69 Å². The van der Waals surface area contributed by atoms with E-state index < -0.39 is 0 Å². The minimum atomic E-state index is 0.146. The van der Waals surface area contributed by atoms with Gasteiger partial charge >= 0.3 is 0 Å². The summed E-state index contributed by atoms with van der Waals surface area (Å²) in [4.78, 5) is 6.73. The minimum Gasteiger partial charge on any atom is -0.396 e. The molecule has 162 valence electrons. The number of anilines is 1. The molecule has 2 N–H and O–H groups in total. The van der Waals surface area contributed by atoms with Crippen LogP contribution in [0.2, 0.25) is 0 Å². The second kappa shape index (κ2) is 10.2. The van der Waals surface area contributed by atoms with Crippen LogP contribution in [0.5, 0.6) is 0 Å². The molecule has 0 saturated heterocycles. The Balaban J connectivity index is 1.57. The molecule has 0 fully saturated rings. The van der Waals surface area contributed by atoms with Crippen LogP contribution >= 0.6 is 12.2 Å². The zero-order valence-electron chi connectivity index (χ0n) is 17.9. The molecule has 2 aromatic carbocycles. The van der Waals surface area contributed by atoms with Crippen molar-refractivity contribution in [2.75, 3.05) is 18.5 Å². The van der Waals surface area contributed by atoms with Gasteiger partial charge in [-0.15, -0.1) is 0 Å². The third-order valence-electron chi connectivity index (χ3n) is 5.74. The van der Waals surface area contributed by atoms with Crippen molar-refractivity contribution < 1.29 is 9.84 Å². The van der Waals surface area contributed by atoms with Crippen molar-refractivity contribution in [1.82, 2.24) is 9.88 Å². The largest absolute Gasteiger partial charge is 0.396 e. The van der Waals surface area contributed by atoms with Crippen molar-refractivity contribution in [3.8, 4) is 0 Å². The van der Waals surface area contributed by atoms with Crippen molar-refractivity contribution in [1.29, 1.82) is 0 Å². The third kappa shape index (κ3) is 5.03. The van der Waals surface area contributed by atoms with Crippen molar-refractivity contribution in [2.24, 2.45) is 0 Å². The predicted molar refractivity (Wildman–Crippen MR) is 129 cm³/mol. The minimum absolute atomic E-state index is 0.146. The number of nitrogens with one attached hydrogen (secondary N) is 1. The number of fused-ring (bicyclic) bond motifs is 2. The molecule has 0 amide bonds. The van der Waals surface area contributed by atoms with E-state index in [0.717, 1.165) is 48.1 Å². The molecule has 2 heterocycles. The number of thiocarbonyl (C=S) groups is 1. The topological polar surface area (TPSA) is 57.6 Å². The average Bonchev–Trinajstić information content (AvgIpc) is 2.79. The number of benzene rings is 2. The van der Waals surface area contributed by atoms with Crippen LogP contribution < -0.4 is 5.32 Å². The van der Waals surface area contributed by atoms with Gasteiger partial charge in [-0.25, -0.2) is 0 Å². The Labute approximate surface area is 189 Å². The highest BCUT2D eigenvalue weighted by molar-refractivity contribution is 7.80. The molecule has 0 saturated carbocycles. The fourth-order valence-corrected chi connectivity index (χ4v) is 4.46. The Morgan fingerprint density at radius 1 is 1.23 bits per heavy atom. The summed E-state index contributed by atoms with van der Waals surface area (Å²) in [5, 5.41) is 15.9. The van der Waals surface area contributed by atoms with Gasteiger partial charge in [0.05, 0.1) is 12.3 Å². The molecule has 3 aromatic rings. The van der Waals surface area contributed by atoms with Gasteiger partial charge in [-0.3, -0.25) is 4.98 Å². The quantitative estimate of drug-likeness (QED) is 0.416. The molecule has 4 rings (SSSR count). The summed E-state index contributed by atoms with van der Waals surface area (Å²) in [5.74, 6) is 0. The average molecular weight is 436 g/mol. The molecular formula is C25H29N3O2S. The Hall–Kier alpha value is -2.54. The van der Waals surface area contributed by atoms with Crippen molar-refractivity contribution in [2.45, 2.75) is 45.4 Å². The molecule has 1 atom stereocenters. The summed E-state index contributed by atoms with van der Waals surface area (Å²) in [6.07, 6.45) is 4.45. The van der Waals surface area contributed by atoms with E-state index in [-0.39, 0.29) is 12.6 Å². The number of pyridine rings is 1. The Morgan fingerprint density at radius 2 is 2.06 bits per heavy atom. The first-order valence-corrected chi connectivity index (χ1v) is 11.3. The summed E-state index contributed by atoms with van der Waals surface area (Å²) in [7, 11) is 0. The van der Waals surface area contributed by atoms with Crippen LogP contribution in [-0.4, -0.2) is 39.4 Å². The SMILES string of the molecule is CCCOCc1cc2c(NC(=S)N3Cc4ccccc4CC3CCO)cccc2cn1. The fraction of sp³-hybridized carbons (Fsp3) is 0.360. The van der Waals surface area contributed by atoms with Crippen LogP contribution in [0.25, 0.3) is 10.8 Å². The number of aliphatic hydroxyl groups is 1. The van der Waals surface area contributed by atoms with E-state index in [1.807, 2.05) is 18.3 Å². The maximum Gasteiger partial charge on any atom is 0.174 e. The molecule has 5 nitrogen and oxygen atoms in total. The maximum absolute atomic E-state index is 9.61. The molecule has 0 spiro atoms. The highest BCUT2D eigenvalue weighted by Gasteiger charge is 2.27. The van der Waals surface area contributed by atoms with Gasteiger partial charge in [0.1, 0.15) is 0 Å². The van der Waals surface area contributed by atoms with E-state index in [1.54, 1.807) is 0 Å². The van der Waals surface area contributed by atoms with E-state index in [2.05, 4.69) is 58.5 Å². The number of hydrogen-bond donors (Lipinski definition) is 2. The van der Waals surface area contributed by atoms with Gasteiger partial charge in [-0.1, -0.05) is 43.3 Å². The van der Waals surface area contributed by atoms with Gasteiger partial charge in [0.2, 0.25) is 0 Å². The first kappa shape index (κ1) is 21.7. The lowest BCUT2D eigenvalue weighted by Crippen LogP contribution is -2.46. The maximum atomic E-state index is 9.61. The first-order chi connectivity index (χ1) is 15.2. The number of nitrogens with zero attached hydrogens (tertiary/aromatic N) is 2. The molecule has 0 aliphatic carbocycles. The summed E-state index contributed by atoms with van der Waals surface area (Å²) in [6.45, 7) is 4.22. The molecule has 0 bridgehead atoms. The summed E-state index contributed by atoms with van der Waals surface area (Å²) in [5.41, 5.74) is 4.50. The number of ether oxygens (including phenoxy) is 1. The number of aliphatic hydroxyl groups excluding tert-OH is 1. The van der Waals surface area contributed by atoms with E-state index in [9.17, 15) is 5.11 Å². The van der Waals surface area contributed by atoms with Gasteiger partial charge < -0.3 is 20.1 Å². The highest BCUT2D eigenvalue weighted by Crippen LogP contribution is 2.28. The monoisotopic (exact) mass is 435 g/mol. The molecule has 1 aliphatic heterocycles. The van der Waals surface area contributed by atoms with Gasteiger partial charge in [0.25, 0.3) is 0 Å². The highest BCUT2D eigenvalue weighted by atomic mass is 32.1. The van der Waals surface area contributed by atoms with Crippen LogP contribution in [0.1, 0.15) is 36.6 Å². The van der Waals surface area contributed by atoms with Crippen LogP contribution in [0.3, 0.4) is 0 Å². The van der Waals surface area contributed by atoms with Crippen molar-refractivity contribution in [3.63, 3.8) is 0 Å². The number of rotatable bonds is 7. The van der Waals surface area contributed by atoms with E-state index in [1.165, 1.54) is 11.1 Å². The van der Waals surface area contributed by atoms with Crippen LogP contribution in [0, 0.1) is 0 Å². The smallest absolute Gasteiger partial charge is 0.174 e. The second-order valence-corrected chi connectivity index (χ2v) is 8.34. The lowest BCUT2D eigenvalue weighted by molar-refractivity contribution is 0.119. The molecule has 1 unspecified atom stereocenters. The van der Waals surface area contributed by atoms with Gasteiger partial charge in [-0.2, -0.15) is 0 Å². The summed E-state index contributed by atoms with van der Waals surface area (Å²) < 4.78 is 5.67. The third-order valence-corrected chi connectivity index (χ3v) is 6.08. The predicted octanol–water partition coefficient (Wildman–Crippen LogP) is 4.67. The van der Waals surface area contributed by atoms with E-state index >= 15 is 0 Å². The van der Waals surface area contributed by atoms with Gasteiger partial charge in [0, 0.05) is 48.5 Å². The Morgan fingerprint density at radius 3 is 2.87 bits per heavy atom. The molecule has 31 heavy (non-hydrogen) atoms. The summed E-state index contributed by atoms with van der Waals surface area (Å²) >= 11 is 5.85. The summed E-state index contributed by atoms with van der Waals surface area (Å²) in [6, 6.07) is 16.8. The fourth-order valence-electron chi connectivity index (χ4n) is 4.14. The normalized spacial score (nSPS) is 15.7. The van der Waals surface area contributed by atoms with E-state index in [4.69, 9.17) is 17.0 Å². The number of aromatic nitrogens is 1.